The van der Waals surface area contributed by atoms with Crippen molar-refractivity contribution in [1.29, 1.82) is 0 Å². The first-order chi connectivity index (χ1) is 10.1. The Morgan fingerprint density at radius 1 is 1.62 bits per heavy atom. The standard InChI is InChI=1S/C14H22N4O2S/c1-11(5-8-18-7-3-4-13(18)19)16-14(20)17(2)10-12-15-6-9-21-12/h6,9,11H,3-5,7-8,10H2,1-2H3,(H,16,20). The molecule has 116 valence electrons. The first-order valence-electron chi connectivity index (χ1n) is 7.24. The Balaban J connectivity index is 1.70. The van der Waals surface area contributed by atoms with Gasteiger partial charge in [0, 0.05) is 44.2 Å². The molecule has 0 spiro atoms. The van der Waals surface area contributed by atoms with E-state index in [0.29, 0.717) is 13.0 Å². The number of aromatic nitrogens is 1. The molecule has 2 heterocycles. The van der Waals surface area contributed by atoms with Crippen LogP contribution >= 0.6 is 11.3 Å². The third kappa shape index (κ3) is 4.70. The number of likely N-dealkylation sites (tertiary alicyclic amines) is 1. The number of carbonyl (C=O) groups excluding carboxylic acids is 2. The zero-order chi connectivity index (χ0) is 15.2. The summed E-state index contributed by atoms with van der Waals surface area (Å²) in [6.45, 7) is 4.05. The molecule has 0 bridgehead atoms. The molecule has 1 N–H and O–H groups in total. The van der Waals surface area contributed by atoms with Crippen molar-refractivity contribution in [3.05, 3.63) is 16.6 Å². The molecule has 6 nitrogen and oxygen atoms in total. The molecule has 0 radical (unpaired) electrons. The molecule has 21 heavy (non-hydrogen) atoms. The van der Waals surface area contributed by atoms with Crippen molar-refractivity contribution >= 4 is 23.3 Å². The lowest BCUT2D eigenvalue weighted by molar-refractivity contribution is -0.127. The molecule has 0 aromatic carbocycles. The molecule has 3 amide bonds. The summed E-state index contributed by atoms with van der Waals surface area (Å²) in [5, 5.41) is 5.78. The van der Waals surface area contributed by atoms with Crippen LogP contribution in [0.15, 0.2) is 11.6 Å². The summed E-state index contributed by atoms with van der Waals surface area (Å²) in [4.78, 5) is 31.2. The summed E-state index contributed by atoms with van der Waals surface area (Å²) in [5.74, 6) is 0.231. The number of rotatable bonds is 6. The zero-order valence-corrected chi connectivity index (χ0v) is 13.4. The Morgan fingerprint density at radius 3 is 3.05 bits per heavy atom. The molecule has 1 fully saturated rings. The van der Waals surface area contributed by atoms with Crippen molar-refractivity contribution in [2.45, 2.75) is 38.8 Å². The first kappa shape index (κ1) is 15.8. The van der Waals surface area contributed by atoms with E-state index in [1.807, 2.05) is 17.2 Å². The average molecular weight is 310 g/mol. The molecular weight excluding hydrogens is 288 g/mol. The van der Waals surface area contributed by atoms with Crippen molar-refractivity contribution in [2.75, 3.05) is 20.1 Å². The second-order valence-corrected chi connectivity index (χ2v) is 6.38. The predicted molar refractivity (Wildman–Crippen MR) is 82.0 cm³/mol. The van der Waals surface area contributed by atoms with Gasteiger partial charge in [0.25, 0.3) is 0 Å². The largest absolute Gasteiger partial charge is 0.343 e. The van der Waals surface area contributed by atoms with Gasteiger partial charge in [-0.15, -0.1) is 11.3 Å². The van der Waals surface area contributed by atoms with Crippen LogP contribution in [0.4, 0.5) is 4.79 Å². The lowest BCUT2D eigenvalue weighted by Crippen LogP contribution is -2.43. The maximum atomic E-state index is 12.1. The van der Waals surface area contributed by atoms with Gasteiger partial charge in [0.2, 0.25) is 5.91 Å². The van der Waals surface area contributed by atoms with E-state index in [-0.39, 0.29) is 18.0 Å². The van der Waals surface area contributed by atoms with Crippen molar-refractivity contribution in [2.24, 2.45) is 0 Å². The number of hydrogen-bond acceptors (Lipinski definition) is 4. The molecule has 1 aliphatic heterocycles. The van der Waals surface area contributed by atoms with Crippen LogP contribution in [0.3, 0.4) is 0 Å². The third-order valence-corrected chi connectivity index (χ3v) is 4.34. The van der Waals surface area contributed by atoms with E-state index in [4.69, 9.17) is 0 Å². The van der Waals surface area contributed by atoms with E-state index in [1.54, 1.807) is 18.1 Å². The lowest BCUT2D eigenvalue weighted by Gasteiger charge is -2.22. The van der Waals surface area contributed by atoms with Gasteiger partial charge < -0.3 is 15.1 Å². The van der Waals surface area contributed by atoms with E-state index < -0.39 is 0 Å². The number of nitrogens with zero attached hydrogens (tertiary/aromatic N) is 3. The molecule has 1 unspecified atom stereocenters. The van der Waals surface area contributed by atoms with Crippen LogP contribution in [-0.2, 0) is 11.3 Å². The van der Waals surface area contributed by atoms with Gasteiger partial charge in [-0.25, -0.2) is 9.78 Å². The van der Waals surface area contributed by atoms with Crippen molar-refractivity contribution in [3.63, 3.8) is 0 Å². The Kier molecular flexibility index (Phi) is 5.55. The number of nitrogens with one attached hydrogen (secondary N) is 1. The Bertz CT molecular complexity index is 477. The Morgan fingerprint density at radius 2 is 2.43 bits per heavy atom. The van der Waals surface area contributed by atoms with Gasteiger partial charge in [-0.05, 0) is 19.8 Å². The van der Waals surface area contributed by atoms with Crippen LogP contribution in [0, 0.1) is 0 Å². The van der Waals surface area contributed by atoms with E-state index in [1.165, 1.54) is 11.3 Å². The summed E-state index contributed by atoms with van der Waals surface area (Å²) >= 11 is 1.54. The molecule has 2 rings (SSSR count). The summed E-state index contributed by atoms with van der Waals surface area (Å²) in [5.41, 5.74) is 0. The normalized spacial score (nSPS) is 16.1. The summed E-state index contributed by atoms with van der Waals surface area (Å²) < 4.78 is 0. The van der Waals surface area contributed by atoms with Gasteiger partial charge in [-0.2, -0.15) is 0 Å². The molecule has 7 heteroatoms. The Hall–Kier alpha value is -1.63. The highest BCUT2D eigenvalue weighted by Gasteiger charge is 2.21. The van der Waals surface area contributed by atoms with E-state index in [0.717, 1.165) is 30.9 Å². The number of urea groups is 1. The minimum atomic E-state index is -0.106. The molecule has 1 aromatic rings. The average Bonchev–Trinajstić information content (AvgIpc) is 3.08. The summed E-state index contributed by atoms with van der Waals surface area (Å²) in [6, 6.07) is -0.0601. The van der Waals surface area contributed by atoms with Crippen LogP contribution in [0.2, 0.25) is 0 Å². The maximum Gasteiger partial charge on any atom is 0.317 e. The van der Waals surface area contributed by atoms with Gasteiger partial charge in [-0.3, -0.25) is 4.79 Å². The van der Waals surface area contributed by atoms with Crippen LogP contribution in [0.25, 0.3) is 0 Å². The third-order valence-electron chi connectivity index (χ3n) is 3.58. The highest BCUT2D eigenvalue weighted by molar-refractivity contribution is 7.09. The number of amides is 3. The van der Waals surface area contributed by atoms with Gasteiger partial charge in [0.05, 0.1) is 6.54 Å². The molecule has 1 saturated heterocycles. The molecule has 1 atom stereocenters. The van der Waals surface area contributed by atoms with Gasteiger partial charge >= 0.3 is 6.03 Å². The monoisotopic (exact) mass is 310 g/mol. The summed E-state index contributed by atoms with van der Waals surface area (Å²) in [7, 11) is 1.76. The molecule has 1 aliphatic rings. The number of carbonyl (C=O) groups is 2. The van der Waals surface area contributed by atoms with Crippen molar-refractivity contribution in [1.82, 2.24) is 20.1 Å². The van der Waals surface area contributed by atoms with E-state index >= 15 is 0 Å². The van der Waals surface area contributed by atoms with Crippen molar-refractivity contribution in [3.8, 4) is 0 Å². The van der Waals surface area contributed by atoms with E-state index in [2.05, 4.69) is 10.3 Å². The number of thiazole rings is 1. The quantitative estimate of drug-likeness (QED) is 0.869. The van der Waals surface area contributed by atoms with Crippen LogP contribution in [0.5, 0.6) is 0 Å². The molecule has 1 aromatic heterocycles. The minimum Gasteiger partial charge on any atom is -0.343 e. The van der Waals surface area contributed by atoms with Crippen LogP contribution in [-0.4, -0.2) is 52.9 Å². The maximum absolute atomic E-state index is 12.1. The second-order valence-electron chi connectivity index (χ2n) is 5.41. The van der Waals surface area contributed by atoms with E-state index in [9.17, 15) is 9.59 Å². The Labute approximate surface area is 129 Å². The number of hydrogen-bond donors (Lipinski definition) is 1. The lowest BCUT2D eigenvalue weighted by atomic mass is 10.2. The van der Waals surface area contributed by atoms with Gasteiger partial charge in [-0.1, -0.05) is 0 Å². The molecule has 0 aliphatic carbocycles. The van der Waals surface area contributed by atoms with Crippen LogP contribution in [0.1, 0.15) is 31.2 Å². The van der Waals surface area contributed by atoms with Gasteiger partial charge in [0.1, 0.15) is 5.01 Å². The SMILES string of the molecule is CC(CCN1CCCC1=O)NC(=O)N(C)Cc1nccs1. The molecule has 0 saturated carbocycles. The topological polar surface area (TPSA) is 65.5 Å². The van der Waals surface area contributed by atoms with Gasteiger partial charge in [0.15, 0.2) is 0 Å². The van der Waals surface area contributed by atoms with Crippen molar-refractivity contribution < 1.29 is 9.59 Å². The smallest absolute Gasteiger partial charge is 0.317 e. The molecular formula is C14H22N4O2S. The predicted octanol–water partition coefficient (Wildman–Crippen LogP) is 1.69. The zero-order valence-electron chi connectivity index (χ0n) is 12.5. The fourth-order valence-electron chi connectivity index (χ4n) is 2.29. The summed E-state index contributed by atoms with van der Waals surface area (Å²) in [6.07, 6.45) is 4.14. The fourth-order valence-corrected chi connectivity index (χ4v) is 2.96. The first-order valence-corrected chi connectivity index (χ1v) is 8.12. The second kappa shape index (κ2) is 7.40. The van der Waals surface area contributed by atoms with Crippen LogP contribution < -0.4 is 5.32 Å². The fraction of sp³-hybridized carbons (Fsp3) is 0.643. The highest BCUT2D eigenvalue weighted by Crippen LogP contribution is 2.11. The highest BCUT2D eigenvalue weighted by atomic mass is 32.1. The minimum absolute atomic E-state index is 0.0460.